The number of likely N-dealkylation sites (tertiary alicyclic amines) is 1. The number of amides is 2. The molecule has 1 heterocycles. The maximum atomic E-state index is 12.8. The molecule has 1 aliphatic heterocycles. The van der Waals surface area contributed by atoms with Crippen LogP contribution < -0.4 is 10.1 Å². The minimum absolute atomic E-state index is 0.0787. The van der Waals surface area contributed by atoms with E-state index in [-0.39, 0.29) is 11.7 Å². The van der Waals surface area contributed by atoms with Gasteiger partial charge in [0.05, 0.1) is 19.6 Å². The zero-order chi connectivity index (χ0) is 26.2. The molecule has 3 rings (SSSR count). The van der Waals surface area contributed by atoms with Crippen LogP contribution in [0.1, 0.15) is 42.1 Å². The van der Waals surface area contributed by atoms with E-state index in [1.54, 1.807) is 44.4 Å². The summed E-state index contributed by atoms with van der Waals surface area (Å²) >= 11 is 0. The van der Waals surface area contributed by atoms with Crippen LogP contribution in [-0.4, -0.2) is 74.4 Å². The lowest BCUT2D eigenvalue weighted by Gasteiger charge is -2.32. The van der Waals surface area contributed by atoms with E-state index in [2.05, 4.69) is 15.0 Å². The quantitative estimate of drug-likeness (QED) is 0.394. The Morgan fingerprint density at radius 1 is 1.06 bits per heavy atom. The van der Waals surface area contributed by atoms with Crippen molar-refractivity contribution in [1.29, 1.82) is 10.8 Å². The van der Waals surface area contributed by atoms with Crippen LogP contribution in [0.25, 0.3) is 11.1 Å². The first-order valence-electron chi connectivity index (χ1n) is 12.0. The Balaban J connectivity index is 1.77. The zero-order valence-corrected chi connectivity index (χ0v) is 21.4. The number of ether oxygens (including phenoxy) is 2. The first-order chi connectivity index (χ1) is 17.2. The second kappa shape index (κ2) is 12.2. The molecule has 1 aliphatic rings. The fourth-order valence-electron chi connectivity index (χ4n) is 4.21. The van der Waals surface area contributed by atoms with Gasteiger partial charge >= 0.3 is 6.09 Å². The van der Waals surface area contributed by atoms with E-state index >= 15 is 0 Å². The Bertz CT molecular complexity index is 1120. The zero-order valence-electron chi connectivity index (χ0n) is 21.4. The van der Waals surface area contributed by atoms with E-state index < -0.39 is 6.09 Å². The van der Waals surface area contributed by atoms with Crippen molar-refractivity contribution in [2.45, 2.75) is 26.2 Å². The Hall–Kier alpha value is -3.88. The average molecular weight is 494 g/mol. The minimum Gasteiger partial charge on any atom is -0.494 e. The number of rotatable bonds is 7. The molecule has 9 heteroatoms. The number of nitrogens with zero attached hydrogens (tertiary/aromatic N) is 2. The van der Waals surface area contributed by atoms with Gasteiger partial charge in [0.1, 0.15) is 11.6 Å². The fraction of sp³-hybridized carbons (Fsp3) is 0.407. The van der Waals surface area contributed by atoms with Gasteiger partial charge < -0.3 is 19.3 Å². The van der Waals surface area contributed by atoms with Crippen LogP contribution in [-0.2, 0) is 4.74 Å². The summed E-state index contributed by atoms with van der Waals surface area (Å²) in [5, 5.41) is 18.3. The Morgan fingerprint density at radius 3 is 2.39 bits per heavy atom. The molecule has 36 heavy (non-hydrogen) atoms. The highest BCUT2D eigenvalue weighted by Crippen LogP contribution is 2.28. The third-order valence-electron chi connectivity index (χ3n) is 6.34. The van der Waals surface area contributed by atoms with Gasteiger partial charge in [-0.1, -0.05) is 18.2 Å². The summed E-state index contributed by atoms with van der Waals surface area (Å²) in [6.07, 6.45) is 2.29. The van der Waals surface area contributed by atoms with Crippen LogP contribution in [0.5, 0.6) is 5.75 Å². The van der Waals surface area contributed by atoms with Gasteiger partial charge in [0.25, 0.3) is 5.91 Å². The Kier molecular flexibility index (Phi) is 9.05. The number of benzene rings is 2. The molecule has 0 spiro atoms. The number of nitrogens with one attached hydrogen (secondary N) is 3. The molecule has 0 unspecified atom stereocenters. The minimum atomic E-state index is -0.710. The Morgan fingerprint density at radius 2 is 1.75 bits per heavy atom. The molecule has 9 nitrogen and oxygen atoms in total. The van der Waals surface area contributed by atoms with Crippen LogP contribution in [0.4, 0.5) is 4.79 Å². The molecule has 0 radical (unpaired) electrons. The van der Waals surface area contributed by atoms with E-state index in [1.165, 1.54) is 12.0 Å². The standard InChI is InChI=1S/C27H35N5O4/c1-18(28)32-11-8-19(9-12-32)10-13-36-24-16-22(15-23(17-24)26(33)31(2)3)20-6-5-7-21(14-20)25(29)30-27(34)35-4/h5-7,14-17,19,28H,8-13H2,1-4H3,(H2,29,30,34). The highest BCUT2D eigenvalue weighted by molar-refractivity contribution is 6.05. The van der Waals surface area contributed by atoms with Crippen LogP contribution in [0, 0.1) is 16.7 Å². The molecule has 1 saturated heterocycles. The molecule has 192 valence electrons. The van der Waals surface area contributed by atoms with E-state index in [1.807, 2.05) is 19.1 Å². The van der Waals surface area contributed by atoms with E-state index in [4.69, 9.17) is 15.6 Å². The second-order valence-electron chi connectivity index (χ2n) is 9.17. The van der Waals surface area contributed by atoms with Crippen molar-refractivity contribution in [1.82, 2.24) is 15.1 Å². The first-order valence-corrected chi connectivity index (χ1v) is 12.0. The predicted octanol–water partition coefficient (Wildman–Crippen LogP) is 4.21. The highest BCUT2D eigenvalue weighted by atomic mass is 16.5. The lowest BCUT2D eigenvalue weighted by Crippen LogP contribution is -2.37. The maximum absolute atomic E-state index is 12.8. The third kappa shape index (κ3) is 7.07. The molecular weight excluding hydrogens is 458 g/mol. The molecule has 0 atom stereocenters. The Labute approximate surface area is 212 Å². The molecule has 0 saturated carbocycles. The van der Waals surface area contributed by atoms with Crippen molar-refractivity contribution < 1.29 is 19.1 Å². The maximum Gasteiger partial charge on any atom is 0.412 e. The van der Waals surface area contributed by atoms with Crippen LogP contribution in [0.15, 0.2) is 42.5 Å². The molecular formula is C27H35N5O4. The number of carbonyl (C=O) groups excluding carboxylic acids is 2. The monoisotopic (exact) mass is 493 g/mol. The van der Waals surface area contributed by atoms with Gasteiger partial charge in [-0.25, -0.2) is 4.79 Å². The van der Waals surface area contributed by atoms with Crippen molar-refractivity contribution >= 4 is 23.7 Å². The number of amidine groups is 2. The SMILES string of the molecule is COC(=O)NC(=N)c1cccc(-c2cc(OCCC3CCN(C(C)=N)CC3)cc(C(=O)N(C)C)c2)c1. The van der Waals surface area contributed by atoms with E-state index in [0.717, 1.165) is 43.5 Å². The molecule has 2 aromatic carbocycles. The van der Waals surface area contributed by atoms with Crippen LogP contribution in [0.3, 0.4) is 0 Å². The number of hydrogen-bond acceptors (Lipinski definition) is 6. The summed E-state index contributed by atoms with van der Waals surface area (Å²) in [6, 6.07) is 12.6. The van der Waals surface area contributed by atoms with Crippen molar-refractivity contribution in [3.63, 3.8) is 0 Å². The normalized spacial score (nSPS) is 13.6. The van der Waals surface area contributed by atoms with Gasteiger partial charge in [-0.3, -0.25) is 20.9 Å². The number of carbonyl (C=O) groups is 2. The van der Waals surface area contributed by atoms with Crippen LogP contribution in [0.2, 0.25) is 0 Å². The summed E-state index contributed by atoms with van der Waals surface area (Å²) in [5.74, 6) is 1.58. The molecule has 0 aromatic heterocycles. The first kappa shape index (κ1) is 26.7. The second-order valence-corrected chi connectivity index (χ2v) is 9.17. The van der Waals surface area contributed by atoms with Crippen molar-refractivity contribution in [3.05, 3.63) is 53.6 Å². The molecule has 0 aliphatic carbocycles. The molecule has 2 aromatic rings. The number of alkyl carbamates (subject to hydrolysis) is 1. The van der Waals surface area contributed by atoms with Crippen molar-refractivity contribution in [2.75, 3.05) is 40.9 Å². The van der Waals surface area contributed by atoms with E-state index in [9.17, 15) is 9.59 Å². The van der Waals surface area contributed by atoms with E-state index in [0.29, 0.717) is 35.2 Å². The molecule has 0 bridgehead atoms. The van der Waals surface area contributed by atoms with Gasteiger partial charge in [-0.15, -0.1) is 0 Å². The van der Waals surface area contributed by atoms with Crippen LogP contribution >= 0.6 is 0 Å². The van der Waals surface area contributed by atoms with Gasteiger partial charge in [-0.05, 0) is 67.5 Å². The third-order valence-corrected chi connectivity index (χ3v) is 6.34. The average Bonchev–Trinajstić information content (AvgIpc) is 2.88. The summed E-state index contributed by atoms with van der Waals surface area (Å²) in [6.45, 7) is 4.19. The number of hydrogen-bond donors (Lipinski definition) is 3. The van der Waals surface area contributed by atoms with Gasteiger partial charge in [0.2, 0.25) is 0 Å². The fourth-order valence-corrected chi connectivity index (χ4v) is 4.21. The predicted molar refractivity (Wildman–Crippen MR) is 140 cm³/mol. The summed E-state index contributed by atoms with van der Waals surface area (Å²) in [4.78, 5) is 27.9. The van der Waals surface area contributed by atoms with Crippen molar-refractivity contribution in [2.24, 2.45) is 5.92 Å². The molecule has 3 N–H and O–H groups in total. The molecule has 2 amide bonds. The topological polar surface area (TPSA) is 119 Å². The van der Waals surface area contributed by atoms with Crippen molar-refractivity contribution in [3.8, 4) is 16.9 Å². The van der Waals surface area contributed by atoms with Gasteiger partial charge in [-0.2, -0.15) is 0 Å². The smallest absolute Gasteiger partial charge is 0.412 e. The molecule has 1 fully saturated rings. The van der Waals surface area contributed by atoms with Gasteiger partial charge in [0, 0.05) is 38.3 Å². The highest BCUT2D eigenvalue weighted by Gasteiger charge is 2.20. The largest absolute Gasteiger partial charge is 0.494 e. The number of piperidine rings is 1. The lowest BCUT2D eigenvalue weighted by atomic mass is 9.94. The summed E-state index contributed by atoms with van der Waals surface area (Å²) in [5.41, 5.74) is 2.59. The van der Waals surface area contributed by atoms with Gasteiger partial charge in [0.15, 0.2) is 0 Å². The summed E-state index contributed by atoms with van der Waals surface area (Å²) in [7, 11) is 4.66. The summed E-state index contributed by atoms with van der Waals surface area (Å²) < 4.78 is 10.7. The lowest BCUT2D eigenvalue weighted by molar-refractivity contribution is 0.0827. The number of methoxy groups -OCH3 is 1.